The van der Waals surface area contributed by atoms with Gasteiger partial charge in [-0.05, 0) is 56.7 Å². The number of ether oxygens (including phenoxy) is 2. The maximum atomic E-state index is 5.70. The van der Waals surface area contributed by atoms with E-state index >= 15 is 0 Å². The second kappa shape index (κ2) is 11.6. The molecule has 2 heterocycles. The normalized spacial score (nSPS) is 19.4. The van der Waals surface area contributed by atoms with Gasteiger partial charge in [-0.15, -0.1) is 0 Å². The van der Waals surface area contributed by atoms with Crippen LogP contribution in [0.4, 0.5) is 0 Å². The average Bonchev–Trinajstić information content (AvgIpc) is 3.31. The van der Waals surface area contributed by atoms with Crippen LogP contribution in [0.1, 0.15) is 45.2 Å². The number of hydrogen-bond donors (Lipinski definition) is 1. The second-order valence-electron chi connectivity index (χ2n) is 8.05. The van der Waals surface area contributed by atoms with Crippen LogP contribution in [0.15, 0.2) is 41.9 Å². The van der Waals surface area contributed by atoms with Gasteiger partial charge < -0.3 is 24.3 Å². The Balaban J connectivity index is 1.59. The minimum atomic E-state index is 0.427. The van der Waals surface area contributed by atoms with Crippen molar-refractivity contribution in [2.45, 2.75) is 46.1 Å². The SMILES string of the molecule is CCNC(=NCCCc1ccc(OC)c(OCC)c1)N1CCC(C)C(n2ccnc2)C1. The number of piperidine rings is 1. The van der Waals surface area contributed by atoms with Crippen molar-refractivity contribution in [1.29, 1.82) is 0 Å². The number of nitrogens with zero attached hydrogens (tertiary/aromatic N) is 4. The maximum Gasteiger partial charge on any atom is 0.193 e. The van der Waals surface area contributed by atoms with Gasteiger partial charge in [0, 0.05) is 38.6 Å². The van der Waals surface area contributed by atoms with E-state index in [9.17, 15) is 0 Å². The molecule has 2 atom stereocenters. The van der Waals surface area contributed by atoms with Crippen LogP contribution >= 0.6 is 0 Å². The molecule has 1 aliphatic rings. The molecule has 1 aromatic heterocycles. The maximum absolute atomic E-state index is 5.70. The quantitative estimate of drug-likeness (QED) is 0.375. The van der Waals surface area contributed by atoms with Gasteiger partial charge in [0.1, 0.15) is 0 Å². The van der Waals surface area contributed by atoms with Crippen molar-refractivity contribution >= 4 is 5.96 Å². The molecule has 170 valence electrons. The molecule has 1 N–H and O–H groups in total. The summed E-state index contributed by atoms with van der Waals surface area (Å²) in [5, 5.41) is 3.49. The summed E-state index contributed by atoms with van der Waals surface area (Å²) in [6.45, 7) is 10.7. The molecule has 0 spiro atoms. The number of aryl methyl sites for hydroxylation is 1. The van der Waals surface area contributed by atoms with E-state index in [1.54, 1.807) is 7.11 Å². The van der Waals surface area contributed by atoms with Crippen molar-refractivity contribution in [1.82, 2.24) is 19.8 Å². The predicted octanol–water partition coefficient (Wildman–Crippen LogP) is 3.77. The number of likely N-dealkylation sites (tertiary alicyclic amines) is 1. The highest BCUT2D eigenvalue weighted by Gasteiger charge is 2.28. The molecule has 3 rings (SSSR count). The van der Waals surface area contributed by atoms with Crippen molar-refractivity contribution in [3.63, 3.8) is 0 Å². The van der Waals surface area contributed by atoms with E-state index in [1.807, 2.05) is 25.5 Å². The van der Waals surface area contributed by atoms with Crippen LogP contribution in [-0.2, 0) is 6.42 Å². The molecular weight excluding hydrogens is 390 g/mol. The van der Waals surface area contributed by atoms with Gasteiger partial charge in [-0.25, -0.2) is 4.98 Å². The topological polar surface area (TPSA) is 63.9 Å². The Labute approximate surface area is 186 Å². The highest BCUT2D eigenvalue weighted by molar-refractivity contribution is 5.80. The van der Waals surface area contributed by atoms with Crippen LogP contribution in [0.25, 0.3) is 0 Å². The van der Waals surface area contributed by atoms with Gasteiger partial charge >= 0.3 is 0 Å². The third kappa shape index (κ3) is 6.15. The summed E-state index contributed by atoms with van der Waals surface area (Å²) in [6, 6.07) is 6.60. The van der Waals surface area contributed by atoms with Gasteiger partial charge in [0.05, 0.1) is 26.1 Å². The Hall–Kier alpha value is -2.70. The molecule has 1 saturated heterocycles. The van der Waals surface area contributed by atoms with Crippen molar-refractivity contribution in [3.8, 4) is 11.5 Å². The van der Waals surface area contributed by atoms with Crippen molar-refractivity contribution in [2.24, 2.45) is 10.9 Å². The zero-order valence-electron chi connectivity index (χ0n) is 19.4. The second-order valence-corrected chi connectivity index (χ2v) is 8.05. The average molecular weight is 428 g/mol. The van der Waals surface area contributed by atoms with E-state index in [2.05, 4.69) is 51.9 Å². The number of aliphatic imine (C=N–C) groups is 1. The van der Waals surface area contributed by atoms with Crippen LogP contribution in [0.3, 0.4) is 0 Å². The van der Waals surface area contributed by atoms with Gasteiger partial charge in [-0.1, -0.05) is 13.0 Å². The minimum Gasteiger partial charge on any atom is -0.493 e. The Morgan fingerprint density at radius 3 is 2.87 bits per heavy atom. The summed E-state index contributed by atoms with van der Waals surface area (Å²) in [6.07, 6.45) is 8.96. The number of guanidine groups is 1. The van der Waals surface area contributed by atoms with Crippen LogP contribution < -0.4 is 14.8 Å². The monoisotopic (exact) mass is 427 g/mol. The van der Waals surface area contributed by atoms with Gasteiger partial charge in [0.2, 0.25) is 0 Å². The number of imidazole rings is 1. The number of rotatable bonds is 9. The van der Waals surface area contributed by atoms with Crippen LogP contribution in [-0.4, -0.2) is 60.3 Å². The van der Waals surface area contributed by atoms with E-state index in [0.29, 0.717) is 18.6 Å². The number of hydrogen-bond acceptors (Lipinski definition) is 4. The highest BCUT2D eigenvalue weighted by atomic mass is 16.5. The lowest BCUT2D eigenvalue weighted by Crippen LogP contribution is -2.49. The smallest absolute Gasteiger partial charge is 0.193 e. The van der Waals surface area contributed by atoms with E-state index in [1.165, 1.54) is 5.56 Å². The van der Waals surface area contributed by atoms with Crippen molar-refractivity contribution in [3.05, 3.63) is 42.5 Å². The summed E-state index contributed by atoms with van der Waals surface area (Å²) >= 11 is 0. The summed E-state index contributed by atoms with van der Waals surface area (Å²) in [5.41, 5.74) is 1.25. The van der Waals surface area contributed by atoms with Gasteiger partial charge in [0.15, 0.2) is 17.5 Å². The fourth-order valence-electron chi connectivity index (χ4n) is 4.13. The summed E-state index contributed by atoms with van der Waals surface area (Å²) < 4.78 is 13.3. The fraction of sp³-hybridized carbons (Fsp3) is 0.583. The van der Waals surface area contributed by atoms with Crippen LogP contribution in [0.5, 0.6) is 11.5 Å². The van der Waals surface area contributed by atoms with Crippen LogP contribution in [0.2, 0.25) is 0 Å². The standard InChI is InChI=1S/C24H37N5O2/c1-5-26-24(28-14-11-19(3)21(17-28)29-15-13-25-18-29)27-12-7-8-20-9-10-22(30-4)23(16-20)31-6-2/h9-10,13,15-16,18-19,21H,5-8,11-12,14,17H2,1-4H3,(H,26,27). The number of nitrogens with one attached hydrogen (secondary N) is 1. The first-order chi connectivity index (χ1) is 15.2. The van der Waals surface area contributed by atoms with E-state index in [0.717, 1.165) is 62.9 Å². The van der Waals surface area contributed by atoms with E-state index in [4.69, 9.17) is 14.5 Å². The molecule has 0 radical (unpaired) electrons. The lowest BCUT2D eigenvalue weighted by Gasteiger charge is -2.39. The summed E-state index contributed by atoms with van der Waals surface area (Å²) in [4.78, 5) is 11.6. The first-order valence-corrected chi connectivity index (χ1v) is 11.5. The van der Waals surface area contributed by atoms with Crippen LogP contribution in [0, 0.1) is 5.92 Å². The Morgan fingerprint density at radius 1 is 1.29 bits per heavy atom. The van der Waals surface area contributed by atoms with Gasteiger partial charge in [0.25, 0.3) is 0 Å². The summed E-state index contributed by atoms with van der Waals surface area (Å²) in [7, 11) is 1.67. The molecule has 7 nitrogen and oxygen atoms in total. The van der Waals surface area contributed by atoms with Crippen molar-refractivity contribution in [2.75, 3.05) is 39.9 Å². The molecule has 2 unspecified atom stereocenters. The molecule has 0 amide bonds. The van der Waals surface area contributed by atoms with E-state index < -0.39 is 0 Å². The highest BCUT2D eigenvalue weighted by Crippen LogP contribution is 2.29. The molecule has 0 aliphatic carbocycles. The third-order valence-electron chi connectivity index (χ3n) is 5.87. The molecule has 1 aromatic carbocycles. The molecule has 0 saturated carbocycles. The fourth-order valence-corrected chi connectivity index (χ4v) is 4.13. The molecule has 31 heavy (non-hydrogen) atoms. The van der Waals surface area contributed by atoms with Gasteiger partial charge in [-0.3, -0.25) is 4.99 Å². The van der Waals surface area contributed by atoms with E-state index in [-0.39, 0.29) is 0 Å². The summed E-state index contributed by atoms with van der Waals surface area (Å²) in [5.74, 6) is 3.24. The number of aromatic nitrogens is 2. The molecule has 1 aliphatic heterocycles. The lowest BCUT2D eigenvalue weighted by molar-refractivity contribution is 0.189. The molecular formula is C24H37N5O2. The number of methoxy groups -OCH3 is 1. The zero-order chi connectivity index (χ0) is 22.1. The van der Waals surface area contributed by atoms with Crippen molar-refractivity contribution < 1.29 is 9.47 Å². The molecule has 2 aromatic rings. The zero-order valence-corrected chi connectivity index (χ0v) is 19.4. The predicted molar refractivity (Wildman–Crippen MR) is 125 cm³/mol. The Bertz CT molecular complexity index is 821. The Kier molecular flexibility index (Phi) is 8.62. The minimum absolute atomic E-state index is 0.427. The first-order valence-electron chi connectivity index (χ1n) is 11.5. The largest absolute Gasteiger partial charge is 0.493 e. The Morgan fingerprint density at radius 2 is 2.16 bits per heavy atom. The lowest BCUT2D eigenvalue weighted by atomic mass is 9.93. The third-order valence-corrected chi connectivity index (χ3v) is 5.87. The molecule has 0 bridgehead atoms. The molecule has 7 heteroatoms. The van der Waals surface area contributed by atoms with Gasteiger partial charge in [-0.2, -0.15) is 0 Å². The molecule has 1 fully saturated rings. The first kappa shape index (κ1) is 23.0. The number of benzene rings is 1.